The van der Waals surface area contributed by atoms with Crippen molar-refractivity contribution in [3.05, 3.63) is 12.2 Å². The average Bonchev–Trinajstić information content (AvgIpc) is 2.80. The van der Waals surface area contributed by atoms with Gasteiger partial charge in [0, 0.05) is 31.7 Å². The highest BCUT2D eigenvalue weighted by Crippen LogP contribution is 2.15. The third kappa shape index (κ3) is 3.76. The van der Waals surface area contributed by atoms with Crippen molar-refractivity contribution >= 4 is 0 Å². The second kappa shape index (κ2) is 6.48. The maximum atomic E-state index is 4.39. The van der Waals surface area contributed by atoms with E-state index in [4.69, 9.17) is 0 Å². The smallest absolute Gasteiger partial charge is 0.141 e. The van der Waals surface area contributed by atoms with Crippen molar-refractivity contribution in [3.8, 4) is 0 Å². The summed E-state index contributed by atoms with van der Waals surface area (Å²) in [7, 11) is 0. The molecule has 1 saturated heterocycles. The highest BCUT2D eigenvalue weighted by atomic mass is 15.4. The molecule has 5 nitrogen and oxygen atoms in total. The number of aryl methyl sites for hydroxylation is 1. The van der Waals surface area contributed by atoms with Crippen LogP contribution in [0, 0.1) is 5.92 Å². The molecule has 1 N–H and O–H groups in total. The molecule has 108 valence electrons. The summed E-state index contributed by atoms with van der Waals surface area (Å²) in [5, 5.41) is 7.91. The predicted molar refractivity (Wildman–Crippen MR) is 76.8 cm³/mol. The molecule has 0 aromatic carbocycles. The second-order valence-electron chi connectivity index (χ2n) is 6.01. The molecular weight excluding hydrogens is 238 g/mol. The maximum Gasteiger partial charge on any atom is 0.141 e. The zero-order valence-electron chi connectivity index (χ0n) is 12.6. The zero-order valence-corrected chi connectivity index (χ0v) is 12.6. The Morgan fingerprint density at radius 1 is 1.47 bits per heavy atom. The van der Waals surface area contributed by atoms with E-state index in [-0.39, 0.29) is 0 Å². The minimum absolute atomic E-state index is 0.561. The van der Waals surface area contributed by atoms with Gasteiger partial charge in [-0.2, -0.15) is 5.10 Å². The monoisotopic (exact) mass is 265 g/mol. The number of rotatable bonds is 5. The number of nitrogens with one attached hydrogen (secondary N) is 1. The number of hydrogen-bond acceptors (Lipinski definition) is 4. The molecule has 0 amide bonds. The van der Waals surface area contributed by atoms with Gasteiger partial charge in [0.1, 0.15) is 12.2 Å². The van der Waals surface area contributed by atoms with E-state index in [0.29, 0.717) is 12.1 Å². The zero-order chi connectivity index (χ0) is 13.8. The molecule has 2 rings (SSSR count). The van der Waals surface area contributed by atoms with Gasteiger partial charge in [0.2, 0.25) is 0 Å². The van der Waals surface area contributed by atoms with Crippen LogP contribution in [-0.2, 0) is 13.1 Å². The molecule has 0 radical (unpaired) electrons. The van der Waals surface area contributed by atoms with Gasteiger partial charge >= 0.3 is 0 Å². The fourth-order valence-corrected chi connectivity index (χ4v) is 2.80. The van der Waals surface area contributed by atoms with E-state index in [0.717, 1.165) is 37.9 Å². The average molecular weight is 265 g/mol. The molecule has 1 aliphatic heterocycles. The van der Waals surface area contributed by atoms with E-state index in [1.54, 1.807) is 6.33 Å². The van der Waals surface area contributed by atoms with Crippen molar-refractivity contribution < 1.29 is 0 Å². The summed E-state index contributed by atoms with van der Waals surface area (Å²) in [6.45, 7) is 13.0. The summed E-state index contributed by atoms with van der Waals surface area (Å²) in [5.74, 6) is 1.83. The van der Waals surface area contributed by atoms with Gasteiger partial charge in [-0.1, -0.05) is 13.8 Å². The van der Waals surface area contributed by atoms with Gasteiger partial charge in [0.05, 0.1) is 6.54 Å². The quantitative estimate of drug-likeness (QED) is 0.876. The Morgan fingerprint density at radius 2 is 2.26 bits per heavy atom. The fourth-order valence-electron chi connectivity index (χ4n) is 2.80. The first-order chi connectivity index (χ1) is 9.10. The van der Waals surface area contributed by atoms with E-state index in [9.17, 15) is 0 Å². The van der Waals surface area contributed by atoms with Crippen LogP contribution in [0.25, 0.3) is 0 Å². The lowest BCUT2D eigenvalue weighted by Crippen LogP contribution is -2.55. The first kappa shape index (κ1) is 14.5. The summed E-state index contributed by atoms with van der Waals surface area (Å²) in [5.41, 5.74) is 0. The van der Waals surface area contributed by atoms with E-state index >= 15 is 0 Å². The third-order valence-corrected chi connectivity index (χ3v) is 3.88. The van der Waals surface area contributed by atoms with Crippen LogP contribution in [0.15, 0.2) is 6.33 Å². The van der Waals surface area contributed by atoms with E-state index in [1.807, 2.05) is 4.68 Å². The first-order valence-electron chi connectivity index (χ1n) is 7.44. The van der Waals surface area contributed by atoms with Crippen LogP contribution in [0.1, 0.15) is 39.9 Å². The largest absolute Gasteiger partial charge is 0.311 e. The van der Waals surface area contributed by atoms with Gasteiger partial charge in [-0.3, -0.25) is 4.90 Å². The van der Waals surface area contributed by atoms with E-state index < -0.39 is 0 Å². The number of piperazine rings is 1. The lowest BCUT2D eigenvalue weighted by atomic mass is 10.00. The highest BCUT2D eigenvalue weighted by Gasteiger charge is 2.26. The van der Waals surface area contributed by atoms with Gasteiger partial charge in [0.25, 0.3) is 0 Å². The van der Waals surface area contributed by atoms with Crippen LogP contribution in [0.2, 0.25) is 0 Å². The Bertz CT molecular complexity index is 387. The molecular formula is C14H27N5. The van der Waals surface area contributed by atoms with Crippen molar-refractivity contribution in [2.24, 2.45) is 5.92 Å². The van der Waals surface area contributed by atoms with Crippen molar-refractivity contribution in [2.45, 2.75) is 59.3 Å². The van der Waals surface area contributed by atoms with Crippen molar-refractivity contribution in [1.29, 1.82) is 0 Å². The Balaban J connectivity index is 1.97. The second-order valence-corrected chi connectivity index (χ2v) is 6.01. The maximum absolute atomic E-state index is 4.39. The van der Waals surface area contributed by atoms with Crippen LogP contribution in [0.5, 0.6) is 0 Å². The summed E-state index contributed by atoms with van der Waals surface area (Å²) >= 11 is 0. The molecule has 5 heteroatoms. The summed E-state index contributed by atoms with van der Waals surface area (Å²) < 4.78 is 1.99. The molecule has 0 bridgehead atoms. The number of aromatic nitrogens is 3. The van der Waals surface area contributed by atoms with Gasteiger partial charge in [-0.25, -0.2) is 9.67 Å². The molecule has 0 spiro atoms. The lowest BCUT2D eigenvalue weighted by Gasteiger charge is -2.39. The minimum atomic E-state index is 0.561. The first-order valence-corrected chi connectivity index (χ1v) is 7.44. The summed E-state index contributed by atoms with van der Waals surface area (Å²) in [4.78, 5) is 6.92. The molecule has 2 heterocycles. The third-order valence-electron chi connectivity index (χ3n) is 3.88. The Hall–Kier alpha value is -0.940. The van der Waals surface area contributed by atoms with Crippen LogP contribution in [0.3, 0.4) is 0 Å². The van der Waals surface area contributed by atoms with Gasteiger partial charge in [0.15, 0.2) is 0 Å². The molecule has 19 heavy (non-hydrogen) atoms. The van der Waals surface area contributed by atoms with Gasteiger partial charge in [-0.05, 0) is 26.2 Å². The molecule has 0 aliphatic carbocycles. The Labute approximate surface area is 116 Å². The van der Waals surface area contributed by atoms with Crippen LogP contribution >= 0.6 is 0 Å². The molecule has 1 fully saturated rings. The highest BCUT2D eigenvalue weighted by molar-refractivity contribution is 4.90. The van der Waals surface area contributed by atoms with Crippen molar-refractivity contribution in [3.63, 3.8) is 0 Å². The standard InChI is InChI=1S/C14H27N5/c1-5-19-14(16-10-17-19)9-18-8-13(6-11(2)3)15-7-12(18)4/h10-13,15H,5-9H2,1-4H3. The summed E-state index contributed by atoms with van der Waals surface area (Å²) in [6, 6.07) is 1.17. The normalized spacial score (nSPS) is 25.1. The molecule has 2 unspecified atom stereocenters. The van der Waals surface area contributed by atoms with Crippen molar-refractivity contribution in [2.75, 3.05) is 13.1 Å². The predicted octanol–water partition coefficient (Wildman–Crippen LogP) is 1.51. The summed E-state index contributed by atoms with van der Waals surface area (Å²) in [6.07, 6.45) is 2.90. The van der Waals surface area contributed by atoms with Gasteiger partial charge in [-0.15, -0.1) is 0 Å². The number of hydrogen-bond donors (Lipinski definition) is 1. The fraction of sp³-hybridized carbons (Fsp3) is 0.857. The van der Waals surface area contributed by atoms with E-state index in [2.05, 4.69) is 48.0 Å². The minimum Gasteiger partial charge on any atom is -0.311 e. The molecule has 1 aliphatic rings. The van der Waals surface area contributed by atoms with Crippen molar-refractivity contribution in [1.82, 2.24) is 25.0 Å². The molecule has 2 atom stereocenters. The van der Waals surface area contributed by atoms with Crippen LogP contribution in [-0.4, -0.2) is 44.8 Å². The van der Waals surface area contributed by atoms with Gasteiger partial charge < -0.3 is 5.32 Å². The van der Waals surface area contributed by atoms with Crippen LogP contribution < -0.4 is 5.32 Å². The molecule has 1 aromatic rings. The SMILES string of the molecule is CCn1ncnc1CN1CC(CC(C)C)NCC1C. The lowest BCUT2D eigenvalue weighted by molar-refractivity contribution is 0.120. The number of nitrogens with zero attached hydrogens (tertiary/aromatic N) is 4. The van der Waals surface area contributed by atoms with Crippen LogP contribution in [0.4, 0.5) is 0 Å². The molecule has 0 saturated carbocycles. The Kier molecular flexibility index (Phi) is 4.93. The topological polar surface area (TPSA) is 46.0 Å². The molecule has 1 aromatic heterocycles. The Morgan fingerprint density at radius 3 is 2.95 bits per heavy atom. The van der Waals surface area contributed by atoms with E-state index in [1.165, 1.54) is 6.42 Å².